The summed E-state index contributed by atoms with van der Waals surface area (Å²) in [6.07, 6.45) is -3.00. The Morgan fingerprint density at radius 1 is 1.11 bits per heavy atom. The Labute approximate surface area is 158 Å². The molecule has 141 valence electrons. The van der Waals surface area contributed by atoms with E-state index < -0.39 is 6.36 Å². The summed E-state index contributed by atoms with van der Waals surface area (Å²) in [5.74, 6) is 0.291. The second-order valence-electron chi connectivity index (χ2n) is 6.24. The summed E-state index contributed by atoms with van der Waals surface area (Å²) in [6.45, 7) is 1.67. The van der Waals surface area contributed by atoms with Gasteiger partial charge in [-0.1, -0.05) is 0 Å². The van der Waals surface area contributed by atoms with Gasteiger partial charge in [-0.05, 0) is 36.4 Å². The van der Waals surface area contributed by atoms with Crippen molar-refractivity contribution in [1.82, 2.24) is 4.98 Å². The predicted molar refractivity (Wildman–Crippen MR) is 97.4 cm³/mol. The van der Waals surface area contributed by atoms with Crippen LogP contribution in [0, 0.1) is 6.07 Å². The summed E-state index contributed by atoms with van der Waals surface area (Å²) in [4.78, 5) is 6.53. The van der Waals surface area contributed by atoms with Crippen LogP contribution in [0.1, 0.15) is 12.8 Å². The van der Waals surface area contributed by atoms with E-state index in [-0.39, 0.29) is 11.9 Å². The first-order valence-electron chi connectivity index (χ1n) is 8.49. The summed E-state index contributed by atoms with van der Waals surface area (Å²) in [6, 6.07) is 12.8. The maximum atomic E-state index is 12.2. The van der Waals surface area contributed by atoms with Gasteiger partial charge >= 0.3 is 6.36 Å². The van der Waals surface area contributed by atoms with Crippen molar-refractivity contribution in [1.29, 1.82) is 0 Å². The second-order valence-corrected chi connectivity index (χ2v) is 7.13. The minimum absolute atomic E-state index is 0.0303. The van der Waals surface area contributed by atoms with E-state index in [0.717, 1.165) is 41.8 Å². The van der Waals surface area contributed by atoms with Crippen LogP contribution >= 0.6 is 11.3 Å². The third-order valence-electron chi connectivity index (χ3n) is 4.39. The Bertz CT molecular complexity index is 903. The van der Waals surface area contributed by atoms with Gasteiger partial charge in [0.05, 0.1) is 15.7 Å². The van der Waals surface area contributed by atoms with Crippen LogP contribution in [-0.2, 0) is 0 Å². The van der Waals surface area contributed by atoms with Crippen LogP contribution in [0.5, 0.6) is 11.5 Å². The smallest absolute Gasteiger partial charge is 0.490 e. The van der Waals surface area contributed by atoms with Crippen LogP contribution in [0.3, 0.4) is 0 Å². The van der Waals surface area contributed by atoms with Gasteiger partial charge < -0.3 is 14.4 Å². The van der Waals surface area contributed by atoms with E-state index in [0.29, 0.717) is 5.75 Å². The highest BCUT2D eigenvalue weighted by atomic mass is 32.1. The van der Waals surface area contributed by atoms with Gasteiger partial charge in [0.15, 0.2) is 0 Å². The van der Waals surface area contributed by atoms with Gasteiger partial charge in [-0.25, -0.2) is 4.98 Å². The predicted octanol–water partition coefficient (Wildman–Crippen LogP) is 5.04. The number of hydrogen-bond donors (Lipinski definition) is 0. The number of aromatic nitrogens is 1. The van der Waals surface area contributed by atoms with E-state index in [4.69, 9.17) is 4.74 Å². The first kappa shape index (κ1) is 17.9. The molecule has 1 fully saturated rings. The van der Waals surface area contributed by atoms with Gasteiger partial charge in [-0.2, -0.15) is 0 Å². The van der Waals surface area contributed by atoms with Crippen LogP contribution in [0.2, 0.25) is 0 Å². The molecule has 27 heavy (non-hydrogen) atoms. The zero-order chi connectivity index (χ0) is 18.9. The van der Waals surface area contributed by atoms with Crippen molar-refractivity contribution in [3.05, 3.63) is 48.0 Å². The number of rotatable bonds is 4. The topological polar surface area (TPSA) is 34.6 Å². The standard InChI is InChI=1S/C19H16F3N2O2S/c20-19(21,22)26-16-4-2-14(3-5-16)25-15-7-9-24(10-8-15)13-1-6-17-18(11-13)27-12-23-17/h2-6,11-12,15H,7-10H2. The lowest BCUT2D eigenvalue weighted by Crippen LogP contribution is -2.38. The largest absolute Gasteiger partial charge is 0.573 e. The molecule has 2 heterocycles. The summed E-state index contributed by atoms with van der Waals surface area (Å²) in [5.41, 5.74) is 3.84. The minimum atomic E-state index is -4.69. The van der Waals surface area contributed by atoms with E-state index >= 15 is 0 Å². The number of fused-ring (bicyclic) bond motifs is 1. The molecular weight excluding hydrogens is 377 g/mol. The molecule has 1 saturated heterocycles. The van der Waals surface area contributed by atoms with Crippen molar-refractivity contribution < 1.29 is 22.6 Å². The third-order valence-corrected chi connectivity index (χ3v) is 5.18. The van der Waals surface area contributed by atoms with Gasteiger partial charge in [-0.15, -0.1) is 24.5 Å². The molecule has 0 unspecified atom stereocenters. The first-order valence-corrected chi connectivity index (χ1v) is 9.36. The monoisotopic (exact) mass is 393 g/mol. The molecule has 0 atom stereocenters. The van der Waals surface area contributed by atoms with Gasteiger partial charge in [0.25, 0.3) is 0 Å². The van der Waals surface area contributed by atoms with E-state index in [2.05, 4.69) is 26.8 Å². The lowest BCUT2D eigenvalue weighted by molar-refractivity contribution is -0.274. The van der Waals surface area contributed by atoms with E-state index in [1.54, 1.807) is 11.3 Å². The van der Waals surface area contributed by atoms with Gasteiger partial charge in [0.2, 0.25) is 0 Å². The Kier molecular flexibility index (Phi) is 4.82. The first-order chi connectivity index (χ1) is 13.0. The molecule has 2 aromatic carbocycles. The average Bonchev–Trinajstić information content (AvgIpc) is 3.10. The van der Waals surface area contributed by atoms with Gasteiger partial charge in [-0.3, -0.25) is 0 Å². The lowest BCUT2D eigenvalue weighted by Gasteiger charge is -2.33. The molecule has 0 aliphatic carbocycles. The van der Waals surface area contributed by atoms with Crippen LogP contribution in [0.15, 0.2) is 41.9 Å². The molecule has 1 aliphatic heterocycles. The Hall–Kier alpha value is -2.48. The number of halogens is 3. The quantitative estimate of drug-likeness (QED) is 0.622. The van der Waals surface area contributed by atoms with E-state index in [1.165, 1.54) is 24.3 Å². The molecule has 1 aromatic heterocycles. The molecule has 4 rings (SSSR count). The molecule has 3 aromatic rings. The molecule has 0 amide bonds. The van der Waals surface area contributed by atoms with Gasteiger partial charge in [0.1, 0.15) is 17.6 Å². The minimum Gasteiger partial charge on any atom is -0.490 e. The third kappa shape index (κ3) is 4.44. The molecular formula is C19H16F3N2O2S. The fraction of sp³-hybridized carbons (Fsp3) is 0.316. The maximum absolute atomic E-state index is 12.2. The van der Waals surface area contributed by atoms with Crippen LogP contribution in [0.4, 0.5) is 18.9 Å². The number of hydrogen-bond acceptors (Lipinski definition) is 5. The Balaban J connectivity index is 1.32. The van der Waals surface area contributed by atoms with Crippen molar-refractivity contribution >= 4 is 27.2 Å². The molecule has 8 heteroatoms. The number of ether oxygens (including phenoxy) is 2. The maximum Gasteiger partial charge on any atom is 0.573 e. The van der Waals surface area contributed by atoms with E-state index in [9.17, 15) is 13.2 Å². The van der Waals surface area contributed by atoms with Crippen molar-refractivity contribution in [2.45, 2.75) is 25.3 Å². The average molecular weight is 393 g/mol. The highest BCUT2D eigenvalue weighted by Crippen LogP contribution is 2.29. The highest BCUT2D eigenvalue weighted by Gasteiger charge is 2.31. The summed E-state index contributed by atoms with van der Waals surface area (Å²) in [5, 5.41) is 0. The molecule has 0 spiro atoms. The van der Waals surface area contributed by atoms with E-state index in [1.807, 2.05) is 11.6 Å². The number of thiazole rings is 1. The zero-order valence-corrected chi connectivity index (χ0v) is 15.0. The van der Waals surface area contributed by atoms with Crippen molar-refractivity contribution in [2.24, 2.45) is 0 Å². The number of benzene rings is 2. The SMILES string of the molecule is FC(F)(F)Oc1ccc(OC2CCN(c3[c]cc4ncsc4c3)CC2)cc1. The van der Waals surface area contributed by atoms with Crippen LogP contribution in [-0.4, -0.2) is 30.5 Å². The summed E-state index contributed by atoms with van der Waals surface area (Å²) in [7, 11) is 0. The lowest BCUT2D eigenvalue weighted by atomic mass is 10.1. The number of piperidine rings is 1. The Morgan fingerprint density at radius 2 is 1.81 bits per heavy atom. The van der Waals surface area contributed by atoms with Crippen LogP contribution in [0.25, 0.3) is 10.2 Å². The normalized spacial score (nSPS) is 15.9. The fourth-order valence-electron chi connectivity index (χ4n) is 3.10. The van der Waals surface area contributed by atoms with Crippen LogP contribution < -0.4 is 14.4 Å². The fourth-order valence-corrected chi connectivity index (χ4v) is 3.79. The number of nitrogens with zero attached hydrogens (tertiary/aromatic N) is 2. The zero-order valence-electron chi connectivity index (χ0n) is 14.2. The summed E-state index contributed by atoms with van der Waals surface area (Å²) < 4.78 is 47.5. The Morgan fingerprint density at radius 3 is 2.52 bits per heavy atom. The summed E-state index contributed by atoms with van der Waals surface area (Å²) >= 11 is 1.61. The highest BCUT2D eigenvalue weighted by molar-refractivity contribution is 7.16. The molecule has 0 N–H and O–H groups in total. The van der Waals surface area contributed by atoms with Crippen molar-refractivity contribution in [3.63, 3.8) is 0 Å². The molecule has 0 saturated carbocycles. The molecule has 4 nitrogen and oxygen atoms in total. The van der Waals surface area contributed by atoms with Gasteiger partial charge in [0, 0.05) is 37.7 Å². The number of anilines is 1. The van der Waals surface area contributed by atoms with Crippen molar-refractivity contribution in [2.75, 3.05) is 18.0 Å². The molecule has 1 radical (unpaired) electrons. The molecule has 1 aliphatic rings. The second kappa shape index (κ2) is 7.26. The number of alkyl halides is 3. The van der Waals surface area contributed by atoms with Crippen molar-refractivity contribution in [3.8, 4) is 11.5 Å². The molecule has 0 bridgehead atoms.